The molecule has 0 bridgehead atoms. The van der Waals surface area contributed by atoms with Crippen molar-refractivity contribution < 1.29 is 0 Å². The maximum Gasteiger partial charge on any atom is 0.109 e. The minimum Gasteiger partial charge on any atom is -0.399 e. The van der Waals surface area contributed by atoms with Gasteiger partial charge in [0.05, 0.1) is 0 Å². The highest BCUT2D eigenvalue weighted by atomic mass is 15.0. The summed E-state index contributed by atoms with van der Waals surface area (Å²) in [7, 11) is 0. The third-order valence-corrected chi connectivity index (χ3v) is 5.53. The Kier molecular flexibility index (Phi) is 6.42. The maximum absolute atomic E-state index is 5.90. The monoisotopic (exact) mass is 432 g/mol. The van der Waals surface area contributed by atoms with Gasteiger partial charge in [-0.15, -0.1) is 0 Å². The summed E-state index contributed by atoms with van der Waals surface area (Å²) in [6, 6.07) is 15.2. The Labute approximate surface area is 188 Å². The molecular formula is C24H32N8. The minimum absolute atomic E-state index is 0.506. The third kappa shape index (κ3) is 5.37. The fourth-order valence-electron chi connectivity index (χ4n) is 3.43. The largest absolute Gasteiger partial charge is 0.399 e. The Morgan fingerprint density at radius 2 is 0.781 bits per heavy atom. The summed E-state index contributed by atoms with van der Waals surface area (Å²) >= 11 is 0. The van der Waals surface area contributed by atoms with Gasteiger partial charge < -0.3 is 45.9 Å². The van der Waals surface area contributed by atoms with Crippen LogP contribution in [0.2, 0.25) is 0 Å². The number of hydrogen-bond acceptors (Lipinski definition) is 8. The average Bonchev–Trinajstić information content (AvgIpc) is 2.74. The van der Waals surface area contributed by atoms with Gasteiger partial charge in [0.2, 0.25) is 0 Å². The molecule has 2 aliphatic carbocycles. The highest BCUT2D eigenvalue weighted by Crippen LogP contribution is 2.29. The first-order valence-electron chi connectivity index (χ1n) is 10.2. The van der Waals surface area contributed by atoms with E-state index >= 15 is 0 Å². The van der Waals surface area contributed by atoms with Crippen LogP contribution < -0.4 is 45.9 Å². The van der Waals surface area contributed by atoms with E-state index in [1.165, 1.54) is 0 Å². The van der Waals surface area contributed by atoms with Gasteiger partial charge in [0.25, 0.3) is 0 Å². The van der Waals surface area contributed by atoms with Crippen LogP contribution in [0.5, 0.6) is 0 Å². The zero-order valence-electron chi connectivity index (χ0n) is 18.0. The smallest absolute Gasteiger partial charge is 0.109 e. The second-order valence-electron chi connectivity index (χ2n) is 8.31. The first-order valence-corrected chi connectivity index (χ1v) is 10.2. The van der Waals surface area contributed by atoms with Crippen molar-refractivity contribution in [3.8, 4) is 0 Å². The van der Waals surface area contributed by atoms with E-state index in [0.29, 0.717) is 24.2 Å². The molecule has 0 fully saturated rings. The summed E-state index contributed by atoms with van der Waals surface area (Å²) in [5.41, 5.74) is 51.2. The molecule has 0 atom stereocenters. The molecule has 0 saturated carbocycles. The van der Waals surface area contributed by atoms with Crippen molar-refractivity contribution in [3.05, 3.63) is 95.4 Å². The lowest BCUT2D eigenvalue weighted by Crippen LogP contribution is -2.54. The highest BCUT2D eigenvalue weighted by Gasteiger charge is 2.27. The normalized spacial score (nSPS) is 18.9. The number of rotatable bonds is 2. The summed E-state index contributed by atoms with van der Waals surface area (Å²) in [5.74, 6) is 0. The summed E-state index contributed by atoms with van der Waals surface area (Å²) < 4.78 is 0. The van der Waals surface area contributed by atoms with Gasteiger partial charge in [0.15, 0.2) is 0 Å². The van der Waals surface area contributed by atoms with E-state index in [4.69, 9.17) is 45.9 Å². The van der Waals surface area contributed by atoms with Gasteiger partial charge >= 0.3 is 0 Å². The lowest BCUT2D eigenvalue weighted by molar-refractivity contribution is 0.523. The molecule has 0 aromatic heterocycles. The molecule has 0 aliphatic heterocycles. The van der Waals surface area contributed by atoms with Crippen molar-refractivity contribution in [2.75, 3.05) is 11.5 Å². The van der Waals surface area contributed by atoms with Crippen molar-refractivity contribution in [1.29, 1.82) is 0 Å². The first-order chi connectivity index (χ1) is 15.0. The second-order valence-corrected chi connectivity index (χ2v) is 8.31. The Morgan fingerprint density at radius 1 is 0.469 bits per heavy atom. The molecule has 32 heavy (non-hydrogen) atoms. The van der Waals surface area contributed by atoms with Gasteiger partial charge in [-0.3, -0.25) is 0 Å². The van der Waals surface area contributed by atoms with E-state index in [9.17, 15) is 0 Å². The van der Waals surface area contributed by atoms with Crippen molar-refractivity contribution >= 4 is 22.5 Å². The molecule has 2 aromatic rings. The second kappa shape index (κ2) is 8.89. The predicted molar refractivity (Wildman–Crippen MR) is 134 cm³/mol. The van der Waals surface area contributed by atoms with Crippen molar-refractivity contribution in [3.63, 3.8) is 0 Å². The van der Waals surface area contributed by atoms with Crippen LogP contribution in [0.3, 0.4) is 0 Å². The molecule has 0 unspecified atom stereocenters. The summed E-state index contributed by atoms with van der Waals surface area (Å²) in [6.45, 7) is 0. The average molecular weight is 433 g/mol. The van der Waals surface area contributed by atoms with Gasteiger partial charge in [0, 0.05) is 35.6 Å². The molecule has 168 valence electrons. The standard InChI is InChI=1S/2C12H16N4/c2*13-10-4-1-8(2-5-10)9-3-6-11(14)12(15,16)7-9/h2*1-6H,7,13-16H2. The summed E-state index contributed by atoms with van der Waals surface area (Å²) in [6.07, 6.45) is 8.46. The van der Waals surface area contributed by atoms with Crippen LogP contribution in [0.1, 0.15) is 24.0 Å². The quantitative estimate of drug-likeness (QED) is 0.253. The molecule has 8 nitrogen and oxygen atoms in total. The van der Waals surface area contributed by atoms with E-state index in [-0.39, 0.29) is 0 Å². The van der Waals surface area contributed by atoms with E-state index < -0.39 is 11.3 Å². The fourth-order valence-corrected chi connectivity index (χ4v) is 3.43. The number of anilines is 2. The van der Waals surface area contributed by atoms with Crippen LogP contribution >= 0.6 is 0 Å². The van der Waals surface area contributed by atoms with Crippen LogP contribution in [-0.4, -0.2) is 11.3 Å². The molecule has 0 heterocycles. The lowest BCUT2D eigenvalue weighted by Gasteiger charge is -2.29. The molecule has 4 rings (SSSR count). The zero-order chi connectivity index (χ0) is 23.5. The topological polar surface area (TPSA) is 208 Å². The van der Waals surface area contributed by atoms with E-state index in [1.54, 1.807) is 12.2 Å². The number of benzene rings is 2. The molecule has 16 N–H and O–H groups in total. The van der Waals surface area contributed by atoms with Crippen LogP contribution in [0, 0.1) is 0 Å². The molecule has 0 radical (unpaired) electrons. The molecular weight excluding hydrogens is 400 g/mol. The van der Waals surface area contributed by atoms with E-state index in [0.717, 1.165) is 33.6 Å². The minimum atomic E-state index is -0.953. The molecule has 2 aromatic carbocycles. The van der Waals surface area contributed by atoms with Crippen molar-refractivity contribution in [2.24, 2.45) is 34.4 Å². The number of nitrogens with two attached hydrogens (primary N) is 8. The summed E-state index contributed by atoms with van der Waals surface area (Å²) in [5, 5.41) is 0. The zero-order valence-corrected chi connectivity index (χ0v) is 18.0. The van der Waals surface area contributed by atoms with Crippen LogP contribution in [0.25, 0.3) is 11.1 Å². The van der Waals surface area contributed by atoms with Crippen LogP contribution in [0.4, 0.5) is 11.4 Å². The SMILES string of the molecule is NC1=CC=C(c2ccc(N)cc2)CC1(N)N.NC1=CC=C(c2ccc(N)cc2)CC1(N)N. The van der Waals surface area contributed by atoms with Gasteiger partial charge in [0.1, 0.15) is 11.3 Å². The predicted octanol–water partition coefficient (Wildman–Crippen LogP) is 1.02. The molecule has 2 aliphatic rings. The molecule has 8 heteroatoms. The Balaban J connectivity index is 0.000000181. The maximum atomic E-state index is 5.90. The fraction of sp³-hybridized carbons (Fsp3) is 0.167. The summed E-state index contributed by atoms with van der Waals surface area (Å²) in [4.78, 5) is 0. The van der Waals surface area contributed by atoms with Crippen LogP contribution in [0.15, 0.2) is 84.2 Å². The van der Waals surface area contributed by atoms with Gasteiger partial charge in [-0.2, -0.15) is 0 Å². The van der Waals surface area contributed by atoms with Crippen molar-refractivity contribution in [2.45, 2.75) is 24.2 Å². The van der Waals surface area contributed by atoms with Crippen LogP contribution in [-0.2, 0) is 0 Å². The van der Waals surface area contributed by atoms with E-state index in [1.807, 2.05) is 60.7 Å². The Hall–Kier alpha value is -3.56. The number of allylic oxidation sites excluding steroid dienone is 4. The third-order valence-electron chi connectivity index (χ3n) is 5.53. The lowest BCUT2D eigenvalue weighted by atomic mass is 9.89. The molecule has 0 saturated heterocycles. The number of hydrogen-bond donors (Lipinski definition) is 8. The Bertz CT molecular complexity index is 998. The Morgan fingerprint density at radius 3 is 1.06 bits per heavy atom. The highest BCUT2D eigenvalue weighted by molar-refractivity contribution is 5.72. The van der Waals surface area contributed by atoms with E-state index in [2.05, 4.69) is 0 Å². The van der Waals surface area contributed by atoms with Gasteiger partial charge in [-0.25, -0.2) is 0 Å². The van der Waals surface area contributed by atoms with Gasteiger partial charge in [-0.05, 0) is 58.7 Å². The first kappa shape index (κ1) is 23.1. The number of nitrogen functional groups attached to an aromatic ring is 2. The van der Waals surface area contributed by atoms with Crippen molar-refractivity contribution in [1.82, 2.24) is 0 Å². The van der Waals surface area contributed by atoms with Gasteiger partial charge in [-0.1, -0.05) is 36.4 Å². The molecule has 0 amide bonds. The molecule has 0 spiro atoms.